The van der Waals surface area contributed by atoms with Crippen molar-refractivity contribution in [1.29, 1.82) is 0 Å². The third kappa shape index (κ3) is 3.22. The lowest BCUT2D eigenvalue weighted by molar-refractivity contribution is 0.431. The van der Waals surface area contributed by atoms with Crippen LogP contribution in [-0.2, 0) is 6.54 Å². The molecule has 1 unspecified atom stereocenters. The molecule has 0 spiro atoms. The smallest absolute Gasteiger partial charge is 0.230 e. The van der Waals surface area contributed by atoms with E-state index in [-0.39, 0.29) is 6.04 Å². The number of aromatic nitrogens is 2. The lowest BCUT2D eigenvalue weighted by atomic mass is 10.1. The van der Waals surface area contributed by atoms with Gasteiger partial charge in [0.2, 0.25) is 11.8 Å². The van der Waals surface area contributed by atoms with Gasteiger partial charge in [-0.3, -0.25) is 0 Å². The van der Waals surface area contributed by atoms with Gasteiger partial charge in [0.05, 0.1) is 6.54 Å². The minimum absolute atomic E-state index is 0.0713. The van der Waals surface area contributed by atoms with Crippen molar-refractivity contribution >= 4 is 23.2 Å². The highest BCUT2D eigenvalue weighted by Gasteiger charge is 2.11. The van der Waals surface area contributed by atoms with Gasteiger partial charge in [0, 0.05) is 23.0 Å². The van der Waals surface area contributed by atoms with Crippen molar-refractivity contribution in [2.24, 2.45) is 0 Å². The first kappa shape index (κ1) is 13.3. The maximum absolute atomic E-state index is 6.13. The highest BCUT2D eigenvalue weighted by Crippen LogP contribution is 2.26. The Balaban J connectivity index is 2.01. The highest BCUT2D eigenvalue weighted by molar-refractivity contribution is 6.35. The van der Waals surface area contributed by atoms with E-state index >= 15 is 0 Å². The van der Waals surface area contributed by atoms with E-state index in [9.17, 15) is 0 Å². The van der Waals surface area contributed by atoms with Crippen LogP contribution < -0.4 is 5.32 Å². The summed E-state index contributed by atoms with van der Waals surface area (Å²) < 4.78 is 5.28. The van der Waals surface area contributed by atoms with Gasteiger partial charge >= 0.3 is 0 Å². The molecule has 0 aliphatic heterocycles. The number of nitrogens with one attached hydrogen (secondary N) is 1. The van der Waals surface area contributed by atoms with Crippen LogP contribution in [0.15, 0.2) is 22.6 Å². The van der Waals surface area contributed by atoms with Gasteiger partial charge in [-0.05, 0) is 24.6 Å². The summed E-state index contributed by atoms with van der Waals surface area (Å²) in [5, 5.41) is 12.2. The Morgan fingerprint density at radius 1 is 1.33 bits per heavy atom. The second kappa shape index (κ2) is 5.69. The van der Waals surface area contributed by atoms with Crippen molar-refractivity contribution in [3.05, 3.63) is 45.6 Å². The van der Waals surface area contributed by atoms with Crippen LogP contribution in [0.4, 0.5) is 0 Å². The molecule has 6 heteroatoms. The fourth-order valence-electron chi connectivity index (χ4n) is 1.61. The van der Waals surface area contributed by atoms with Crippen LogP contribution in [0.25, 0.3) is 0 Å². The van der Waals surface area contributed by atoms with Crippen molar-refractivity contribution in [2.75, 3.05) is 0 Å². The predicted octanol–water partition coefficient (Wildman–Crippen LogP) is 3.54. The second-order valence-electron chi connectivity index (χ2n) is 3.98. The lowest BCUT2D eigenvalue weighted by Gasteiger charge is -2.14. The molecule has 4 nitrogen and oxygen atoms in total. The van der Waals surface area contributed by atoms with Crippen LogP contribution in [0.3, 0.4) is 0 Å². The van der Waals surface area contributed by atoms with Crippen LogP contribution >= 0.6 is 23.2 Å². The number of nitrogens with zero attached hydrogens (tertiary/aromatic N) is 2. The largest absolute Gasteiger partial charge is 0.424 e. The summed E-state index contributed by atoms with van der Waals surface area (Å²) >= 11 is 12.0. The van der Waals surface area contributed by atoms with E-state index in [0.717, 1.165) is 5.56 Å². The Morgan fingerprint density at radius 2 is 2.11 bits per heavy atom. The molecule has 1 N–H and O–H groups in total. The van der Waals surface area contributed by atoms with E-state index in [0.29, 0.717) is 28.4 Å². The van der Waals surface area contributed by atoms with E-state index in [1.165, 1.54) is 0 Å². The molecule has 2 aromatic rings. The van der Waals surface area contributed by atoms with Gasteiger partial charge in [-0.15, -0.1) is 10.2 Å². The quantitative estimate of drug-likeness (QED) is 0.934. The molecule has 0 fully saturated rings. The zero-order chi connectivity index (χ0) is 13.1. The van der Waals surface area contributed by atoms with Crippen LogP contribution in [0.5, 0.6) is 0 Å². The summed E-state index contributed by atoms with van der Waals surface area (Å²) in [5.74, 6) is 1.12. The summed E-state index contributed by atoms with van der Waals surface area (Å²) in [6, 6.07) is 5.52. The normalized spacial score (nSPS) is 12.7. The molecular weight excluding hydrogens is 273 g/mol. The SMILES string of the molecule is Cc1nnc(CNC(C)c2ccc(Cl)cc2Cl)o1. The maximum atomic E-state index is 6.13. The standard InChI is InChI=1S/C12H13Cl2N3O/c1-7(10-4-3-9(13)5-11(10)14)15-6-12-17-16-8(2)18-12/h3-5,7,15H,6H2,1-2H3. The fourth-order valence-corrected chi connectivity index (χ4v) is 2.18. The first-order valence-electron chi connectivity index (χ1n) is 5.53. The van der Waals surface area contributed by atoms with E-state index in [1.54, 1.807) is 13.0 Å². The Bertz CT molecular complexity index is 542. The highest BCUT2D eigenvalue weighted by atomic mass is 35.5. The number of hydrogen-bond acceptors (Lipinski definition) is 4. The van der Waals surface area contributed by atoms with Crippen molar-refractivity contribution in [3.63, 3.8) is 0 Å². The number of benzene rings is 1. The van der Waals surface area contributed by atoms with Crippen LogP contribution in [0, 0.1) is 6.92 Å². The third-order valence-corrected chi connectivity index (χ3v) is 3.12. The Labute approximate surface area is 115 Å². The summed E-state index contributed by atoms with van der Waals surface area (Å²) in [6.07, 6.45) is 0. The minimum atomic E-state index is 0.0713. The summed E-state index contributed by atoms with van der Waals surface area (Å²) in [7, 11) is 0. The lowest BCUT2D eigenvalue weighted by Crippen LogP contribution is -2.18. The molecule has 1 atom stereocenters. The third-order valence-electron chi connectivity index (χ3n) is 2.56. The monoisotopic (exact) mass is 285 g/mol. The first-order chi connectivity index (χ1) is 8.56. The molecule has 0 aliphatic rings. The maximum Gasteiger partial charge on any atom is 0.230 e. The molecule has 1 aromatic heterocycles. The van der Waals surface area contributed by atoms with Crippen molar-refractivity contribution in [3.8, 4) is 0 Å². The molecule has 96 valence electrons. The van der Waals surface area contributed by atoms with Crippen LogP contribution in [-0.4, -0.2) is 10.2 Å². The minimum Gasteiger partial charge on any atom is -0.424 e. The molecule has 0 saturated heterocycles. The fraction of sp³-hybridized carbons (Fsp3) is 0.333. The number of halogens is 2. The number of rotatable bonds is 4. The zero-order valence-electron chi connectivity index (χ0n) is 10.1. The Morgan fingerprint density at radius 3 is 2.72 bits per heavy atom. The number of hydrogen-bond donors (Lipinski definition) is 1. The summed E-state index contributed by atoms with van der Waals surface area (Å²) in [4.78, 5) is 0. The molecule has 0 aliphatic carbocycles. The van der Waals surface area contributed by atoms with Crippen LogP contribution in [0.1, 0.15) is 30.3 Å². The van der Waals surface area contributed by atoms with Gasteiger partial charge in [0.25, 0.3) is 0 Å². The summed E-state index contributed by atoms with van der Waals surface area (Å²) in [5.41, 5.74) is 0.984. The topological polar surface area (TPSA) is 51.0 Å². The molecule has 2 rings (SSSR count). The molecule has 0 amide bonds. The predicted molar refractivity (Wildman–Crippen MR) is 70.8 cm³/mol. The Hall–Kier alpha value is -1.10. The van der Waals surface area contributed by atoms with Gasteiger partial charge in [0.15, 0.2) is 0 Å². The Kier molecular flexibility index (Phi) is 4.22. The van der Waals surface area contributed by atoms with Gasteiger partial charge in [0.1, 0.15) is 0 Å². The molecule has 18 heavy (non-hydrogen) atoms. The van der Waals surface area contributed by atoms with E-state index in [1.807, 2.05) is 19.1 Å². The zero-order valence-corrected chi connectivity index (χ0v) is 11.6. The van der Waals surface area contributed by atoms with Gasteiger partial charge < -0.3 is 9.73 Å². The average Bonchev–Trinajstić information content (AvgIpc) is 2.72. The molecule has 0 saturated carbocycles. The van der Waals surface area contributed by atoms with Crippen molar-refractivity contribution in [1.82, 2.24) is 15.5 Å². The molecule has 1 aromatic carbocycles. The van der Waals surface area contributed by atoms with E-state index < -0.39 is 0 Å². The second-order valence-corrected chi connectivity index (χ2v) is 4.83. The van der Waals surface area contributed by atoms with Gasteiger partial charge in [-0.1, -0.05) is 29.3 Å². The average molecular weight is 286 g/mol. The summed E-state index contributed by atoms with van der Waals surface area (Å²) in [6.45, 7) is 4.27. The van der Waals surface area contributed by atoms with E-state index in [2.05, 4.69) is 15.5 Å². The van der Waals surface area contributed by atoms with Crippen molar-refractivity contribution in [2.45, 2.75) is 26.4 Å². The first-order valence-corrected chi connectivity index (χ1v) is 6.29. The van der Waals surface area contributed by atoms with Gasteiger partial charge in [-0.25, -0.2) is 0 Å². The van der Waals surface area contributed by atoms with Gasteiger partial charge in [-0.2, -0.15) is 0 Å². The van der Waals surface area contributed by atoms with Crippen molar-refractivity contribution < 1.29 is 4.42 Å². The molecule has 0 bridgehead atoms. The molecule has 1 heterocycles. The molecule has 0 radical (unpaired) electrons. The number of aryl methyl sites for hydroxylation is 1. The molecular formula is C12H13Cl2N3O. The van der Waals surface area contributed by atoms with E-state index in [4.69, 9.17) is 27.6 Å². The van der Waals surface area contributed by atoms with Crippen LogP contribution in [0.2, 0.25) is 10.0 Å².